The third kappa shape index (κ3) is 2.09. The Kier molecular flexibility index (Phi) is 3.46. The molecule has 6 heteroatoms. The molecule has 0 atom stereocenters. The first kappa shape index (κ1) is 13.1. The summed E-state index contributed by atoms with van der Waals surface area (Å²) in [7, 11) is 1.61. The summed E-state index contributed by atoms with van der Waals surface area (Å²) < 4.78 is 5.35. The number of ether oxygens (including phenoxy) is 1. The third-order valence-corrected chi connectivity index (χ3v) is 4.14. The summed E-state index contributed by atoms with van der Waals surface area (Å²) in [6.45, 7) is 0. The highest BCUT2D eigenvalue weighted by Crippen LogP contribution is 2.36. The van der Waals surface area contributed by atoms with Crippen LogP contribution in [0.3, 0.4) is 0 Å². The van der Waals surface area contributed by atoms with E-state index in [0.717, 1.165) is 16.9 Å². The molecule has 1 N–H and O–H groups in total. The number of benzene rings is 1. The predicted octanol–water partition coefficient (Wildman–Crippen LogP) is 3.40. The van der Waals surface area contributed by atoms with E-state index in [1.807, 2.05) is 29.6 Å². The molecule has 2 heterocycles. The van der Waals surface area contributed by atoms with E-state index in [1.54, 1.807) is 7.11 Å². The van der Waals surface area contributed by atoms with Gasteiger partial charge in [-0.25, -0.2) is 4.98 Å². The number of para-hydroxylation sites is 1. The van der Waals surface area contributed by atoms with E-state index in [9.17, 15) is 4.79 Å². The minimum absolute atomic E-state index is 0.173. The van der Waals surface area contributed by atoms with Crippen molar-refractivity contribution in [2.75, 3.05) is 7.11 Å². The number of fused-ring (bicyclic) bond motifs is 1. The molecule has 2 aromatic heterocycles. The van der Waals surface area contributed by atoms with Crippen molar-refractivity contribution < 1.29 is 4.74 Å². The van der Waals surface area contributed by atoms with Gasteiger partial charge in [0, 0.05) is 16.5 Å². The van der Waals surface area contributed by atoms with E-state index < -0.39 is 0 Å². The van der Waals surface area contributed by atoms with Crippen molar-refractivity contribution in [1.82, 2.24) is 9.97 Å². The quantitative estimate of drug-likeness (QED) is 0.755. The maximum Gasteiger partial charge on any atom is 0.260 e. The van der Waals surface area contributed by atoms with Crippen LogP contribution >= 0.6 is 22.9 Å². The van der Waals surface area contributed by atoms with E-state index in [1.165, 1.54) is 11.3 Å². The summed E-state index contributed by atoms with van der Waals surface area (Å²) in [6.07, 6.45) is 0. The van der Waals surface area contributed by atoms with Crippen molar-refractivity contribution in [2.45, 2.75) is 5.88 Å². The summed E-state index contributed by atoms with van der Waals surface area (Å²) in [5, 5.41) is 2.50. The van der Waals surface area contributed by atoms with Gasteiger partial charge in [-0.15, -0.1) is 22.9 Å². The molecule has 0 fully saturated rings. The van der Waals surface area contributed by atoms with E-state index in [2.05, 4.69) is 9.97 Å². The molecule has 0 aliphatic heterocycles. The Morgan fingerprint density at radius 1 is 1.35 bits per heavy atom. The molecule has 0 saturated heterocycles. The average molecular weight is 307 g/mol. The molecule has 0 unspecified atom stereocenters. The van der Waals surface area contributed by atoms with Gasteiger partial charge in [-0.05, 0) is 6.07 Å². The molecule has 0 spiro atoms. The fourth-order valence-corrected chi connectivity index (χ4v) is 3.21. The van der Waals surface area contributed by atoms with Gasteiger partial charge in [0.15, 0.2) is 0 Å². The van der Waals surface area contributed by atoms with Crippen molar-refractivity contribution in [1.29, 1.82) is 0 Å². The van der Waals surface area contributed by atoms with Gasteiger partial charge in [-0.2, -0.15) is 0 Å². The standard InChI is InChI=1S/C14H11ClN2O2S/c1-19-10-5-3-2-4-8(10)9-7-20-14-12(9)13(18)16-11(6-15)17-14/h2-5,7H,6H2,1H3,(H,16,17,18). The summed E-state index contributed by atoms with van der Waals surface area (Å²) in [4.78, 5) is 20.0. The number of nitrogens with one attached hydrogen (secondary N) is 1. The van der Waals surface area contributed by atoms with Crippen LogP contribution in [0, 0.1) is 0 Å². The first-order valence-electron chi connectivity index (χ1n) is 5.94. The molecular weight excluding hydrogens is 296 g/mol. The molecule has 3 aromatic rings. The minimum Gasteiger partial charge on any atom is -0.496 e. The van der Waals surface area contributed by atoms with Crippen LogP contribution in [-0.4, -0.2) is 17.1 Å². The maximum atomic E-state index is 12.2. The van der Waals surface area contributed by atoms with Crippen LogP contribution < -0.4 is 10.3 Å². The molecule has 0 radical (unpaired) electrons. The molecule has 0 bridgehead atoms. The number of halogens is 1. The summed E-state index contributed by atoms with van der Waals surface area (Å²) >= 11 is 7.15. The first-order valence-corrected chi connectivity index (χ1v) is 7.35. The lowest BCUT2D eigenvalue weighted by atomic mass is 10.1. The maximum absolute atomic E-state index is 12.2. The topological polar surface area (TPSA) is 55.0 Å². The van der Waals surface area contributed by atoms with Crippen molar-refractivity contribution >= 4 is 33.2 Å². The van der Waals surface area contributed by atoms with Crippen LogP contribution in [0.1, 0.15) is 5.82 Å². The second kappa shape index (κ2) is 5.26. The van der Waals surface area contributed by atoms with Gasteiger partial charge < -0.3 is 9.72 Å². The molecule has 102 valence electrons. The molecule has 1 aromatic carbocycles. The Bertz CT molecular complexity index is 825. The van der Waals surface area contributed by atoms with Crippen LogP contribution in [0.15, 0.2) is 34.4 Å². The highest BCUT2D eigenvalue weighted by Gasteiger charge is 2.15. The second-order valence-electron chi connectivity index (χ2n) is 4.18. The monoisotopic (exact) mass is 306 g/mol. The van der Waals surface area contributed by atoms with Crippen molar-refractivity contribution in [3.63, 3.8) is 0 Å². The van der Waals surface area contributed by atoms with Gasteiger partial charge in [-0.3, -0.25) is 4.79 Å². The van der Waals surface area contributed by atoms with Gasteiger partial charge in [-0.1, -0.05) is 18.2 Å². The van der Waals surface area contributed by atoms with Crippen LogP contribution in [-0.2, 0) is 5.88 Å². The predicted molar refractivity (Wildman–Crippen MR) is 81.8 cm³/mol. The number of alkyl halides is 1. The number of hydrogen-bond donors (Lipinski definition) is 1. The molecular formula is C14H11ClN2O2S. The molecule has 0 aliphatic rings. The Hall–Kier alpha value is -1.85. The summed E-state index contributed by atoms with van der Waals surface area (Å²) in [5.74, 6) is 1.40. The van der Waals surface area contributed by atoms with E-state index in [0.29, 0.717) is 16.0 Å². The number of methoxy groups -OCH3 is 1. The zero-order chi connectivity index (χ0) is 14.1. The average Bonchev–Trinajstić information content (AvgIpc) is 2.91. The number of H-pyrrole nitrogens is 1. The molecule has 0 aliphatic carbocycles. The third-order valence-electron chi connectivity index (χ3n) is 3.02. The fraction of sp³-hybridized carbons (Fsp3) is 0.143. The van der Waals surface area contributed by atoms with Gasteiger partial charge in [0.25, 0.3) is 5.56 Å². The van der Waals surface area contributed by atoms with Gasteiger partial charge >= 0.3 is 0 Å². The van der Waals surface area contributed by atoms with E-state index >= 15 is 0 Å². The Balaban J connectivity index is 2.30. The molecule has 0 amide bonds. The van der Waals surface area contributed by atoms with Crippen LogP contribution in [0.2, 0.25) is 0 Å². The number of nitrogens with zero attached hydrogens (tertiary/aromatic N) is 1. The fourth-order valence-electron chi connectivity index (χ4n) is 2.12. The lowest BCUT2D eigenvalue weighted by Gasteiger charge is -2.06. The number of aromatic nitrogens is 2. The molecule has 20 heavy (non-hydrogen) atoms. The second-order valence-corrected chi connectivity index (χ2v) is 5.30. The van der Waals surface area contributed by atoms with Crippen LogP contribution in [0.4, 0.5) is 0 Å². The smallest absolute Gasteiger partial charge is 0.260 e. The number of aromatic amines is 1. The van der Waals surface area contributed by atoms with Crippen molar-refractivity contribution in [3.05, 3.63) is 45.8 Å². The van der Waals surface area contributed by atoms with Gasteiger partial charge in [0.2, 0.25) is 0 Å². The number of thiophene rings is 1. The van der Waals surface area contributed by atoms with Crippen LogP contribution in [0.25, 0.3) is 21.3 Å². The largest absolute Gasteiger partial charge is 0.496 e. The normalized spacial score (nSPS) is 10.9. The Morgan fingerprint density at radius 3 is 2.90 bits per heavy atom. The lowest BCUT2D eigenvalue weighted by molar-refractivity contribution is 0.416. The molecule has 0 saturated carbocycles. The molecule has 3 rings (SSSR count). The van der Waals surface area contributed by atoms with E-state index in [-0.39, 0.29) is 11.4 Å². The highest BCUT2D eigenvalue weighted by atomic mass is 35.5. The van der Waals surface area contributed by atoms with Gasteiger partial charge in [0.1, 0.15) is 16.4 Å². The van der Waals surface area contributed by atoms with E-state index in [4.69, 9.17) is 16.3 Å². The summed E-state index contributed by atoms with van der Waals surface area (Å²) in [5.41, 5.74) is 1.54. The number of rotatable bonds is 3. The van der Waals surface area contributed by atoms with Crippen molar-refractivity contribution in [3.8, 4) is 16.9 Å². The first-order chi connectivity index (χ1) is 9.74. The highest BCUT2D eigenvalue weighted by molar-refractivity contribution is 7.17. The minimum atomic E-state index is -0.173. The Labute approximate surface area is 124 Å². The van der Waals surface area contributed by atoms with Crippen LogP contribution in [0.5, 0.6) is 5.75 Å². The summed E-state index contributed by atoms with van der Waals surface area (Å²) in [6, 6.07) is 7.60. The number of hydrogen-bond acceptors (Lipinski definition) is 4. The Morgan fingerprint density at radius 2 is 2.15 bits per heavy atom. The van der Waals surface area contributed by atoms with Crippen molar-refractivity contribution in [2.24, 2.45) is 0 Å². The zero-order valence-electron chi connectivity index (χ0n) is 10.6. The SMILES string of the molecule is COc1ccccc1-c1csc2nc(CCl)[nH]c(=O)c12. The lowest BCUT2D eigenvalue weighted by Crippen LogP contribution is -2.10. The zero-order valence-corrected chi connectivity index (χ0v) is 12.2. The van der Waals surface area contributed by atoms with Gasteiger partial charge in [0.05, 0.1) is 18.4 Å². The molecule has 4 nitrogen and oxygen atoms in total.